The molecule has 0 spiro atoms. The van der Waals surface area contributed by atoms with E-state index >= 15 is 0 Å². The van der Waals surface area contributed by atoms with E-state index in [0.717, 1.165) is 6.42 Å². The number of halogens is 1. The van der Waals surface area contributed by atoms with Gasteiger partial charge >= 0.3 is 0 Å². The van der Waals surface area contributed by atoms with Crippen molar-refractivity contribution in [3.8, 4) is 5.75 Å². The van der Waals surface area contributed by atoms with E-state index < -0.39 is 0 Å². The van der Waals surface area contributed by atoms with Gasteiger partial charge in [0.05, 0.1) is 12.2 Å². The Balaban J connectivity index is 2.97. The van der Waals surface area contributed by atoms with Crippen LogP contribution in [0.25, 0.3) is 0 Å². The lowest BCUT2D eigenvalue weighted by Crippen LogP contribution is -2.13. The summed E-state index contributed by atoms with van der Waals surface area (Å²) in [6.45, 7) is 2.61. The molecule has 1 aromatic rings. The van der Waals surface area contributed by atoms with Crippen LogP contribution in [0.1, 0.15) is 18.9 Å². The van der Waals surface area contributed by atoms with Crippen molar-refractivity contribution in [2.24, 2.45) is 5.73 Å². The largest absolute Gasteiger partial charge is 0.493 e. The zero-order valence-corrected chi connectivity index (χ0v) is 8.77. The number of nitrogens with one attached hydrogen (secondary N) is 1. The zero-order valence-electron chi connectivity index (χ0n) is 8.01. The second-order valence-corrected chi connectivity index (χ2v) is 3.34. The monoisotopic (exact) mass is 212 g/mol. The molecule has 0 aliphatic rings. The summed E-state index contributed by atoms with van der Waals surface area (Å²) in [6, 6.07) is 5.06. The summed E-state index contributed by atoms with van der Waals surface area (Å²) in [5, 5.41) is 7.92. The summed E-state index contributed by atoms with van der Waals surface area (Å²) in [6.07, 6.45) is 0.907. The molecule has 0 amide bonds. The molecule has 1 aromatic carbocycles. The third-order valence-electron chi connectivity index (χ3n) is 1.70. The second kappa shape index (κ2) is 4.86. The molecule has 0 unspecified atom stereocenters. The van der Waals surface area contributed by atoms with Gasteiger partial charge in [-0.1, -0.05) is 18.5 Å². The van der Waals surface area contributed by atoms with Crippen LogP contribution in [-0.4, -0.2) is 12.4 Å². The Morgan fingerprint density at radius 3 is 2.86 bits per heavy atom. The molecule has 4 heteroatoms. The molecular weight excluding hydrogens is 200 g/mol. The Morgan fingerprint density at radius 1 is 1.57 bits per heavy atom. The Labute approximate surface area is 88.3 Å². The highest BCUT2D eigenvalue weighted by Crippen LogP contribution is 2.23. The van der Waals surface area contributed by atoms with Gasteiger partial charge in [0.15, 0.2) is 0 Å². The highest BCUT2D eigenvalue weighted by molar-refractivity contribution is 6.30. The maximum atomic E-state index is 7.34. The first kappa shape index (κ1) is 10.9. The maximum absolute atomic E-state index is 7.34. The van der Waals surface area contributed by atoms with Crippen LogP contribution in [0.4, 0.5) is 0 Å². The summed E-state index contributed by atoms with van der Waals surface area (Å²) < 4.78 is 5.42. The van der Waals surface area contributed by atoms with Crippen molar-refractivity contribution in [2.75, 3.05) is 6.61 Å². The predicted octanol–water partition coefficient (Wildman–Crippen LogP) is 2.41. The summed E-state index contributed by atoms with van der Waals surface area (Å²) >= 11 is 5.81. The predicted molar refractivity (Wildman–Crippen MR) is 58.3 cm³/mol. The molecule has 0 saturated heterocycles. The minimum absolute atomic E-state index is 0.00669. The number of amidine groups is 1. The molecule has 0 bridgehead atoms. The number of nitrogens with two attached hydrogens (primary N) is 1. The molecule has 0 aromatic heterocycles. The van der Waals surface area contributed by atoms with Crippen molar-refractivity contribution < 1.29 is 4.74 Å². The standard InChI is InChI=1S/C10H13ClN2O/c1-2-5-14-9-6-7(11)3-4-8(9)10(12)13/h3-4,6H,2,5H2,1H3,(H3,12,13). The molecule has 0 aliphatic carbocycles. The van der Waals surface area contributed by atoms with Gasteiger partial charge in [-0.15, -0.1) is 0 Å². The molecule has 0 fully saturated rings. The molecule has 0 aliphatic heterocycles. The van der Waals surface area contributed by atoms with Gasteiger partial charge in [0.25, 0.3) is 0 Å². The van der Waals surface area contributed by atoms with Crippen LogP contribution in [0.15, 0.2) is 18.2 Å². The summed E-state index contributed by atoms with van der Waals surface area (Å²) in [4.78, 5) is 0. The van der Waals surface area contributed by atoms with Crippen LogP contribution < -0.4 is 10.5 Å². The maximum Gasteiger partial charge on any atom is 0.131 e. The zero-order chi connectivity index (χ0) is 10.6. The lowest BCUT2D eigenvalue weighted by atomic mass is 10.2. The first-order valence-corrected chi connectivity index (χ1v) is 4.79. The third kappa shape index (κ3) is 2.64. The number of rotatable bonds is 4. The SMILES string of the molecule is CCCOc1cc(Cl)ccc1C(=N)N. The molecular formula is C10H13ClN2O. The van der Waals surface area contributed by atoms with Crippen molar-refractivity contribution >= 4 is 17.4 Å². The molecule has 14 heavy (non-hydrogen) atoms. The highest BCUT2D eigenvalue weighted by Gasteiger charge is 2.06. The van der Waals surface area contributed by atoms with E-state index in [-0.39, 0.29) is 5.84 Å². The number of benzene rings is 1. The molecule has 3 N–H and O–H groups in total. The van der Waals surface area contributed by atoms with Crippen LogP contribution >= 0.6 is 11.6 Å². The van der Waals surface area contributed by atoms with Crippen LogP contribution in [-0.2, 0) is 0 Å². The Hall–Kier alpha value is -1.22. The van der Waals surface area contributed by atoms with E-state index in [9.17, 15) is 0 Å². The van der Waals surface area contributed by atoms with Crippen LogP contribution in [0.3, 0.4) is 0 Å². The molecule has 0 radical (unpaired) electrons. The van der Waals surface area contributed by atoms with Crippen LogP contribution in [0.2, 0.25) is 5.02 Å². The summed E-state index contributed by atoms with van der Waals surface area (Å²) in [7, 11) is 0. The van der Waals surface area contributed by atoms with Gasteiger partial charge < -0.3 is 10.5 Å². The van der Waals surface area contributed by atoms with Crippen LogP contribution in [0.5, 0.6) is 5.75 Å². The quantitative estimate of drug-likeness (QED) is 0.595. The average Bonchev–Trinajstić information content (AvgIpc) is 2.14. The minimum atomic E-state index is -0.00669. The molecule has 0 atom stereocenters. The van der Waals surface area contributed by atoms with Gasteiger partial charge in [0, 0.05) is 5.02 Å². The fourth-order valence-corrected chi connectivity index (χ4v) is 1.21. The van der Waals surface area contributed by atoms with Crippen LogP contribution in [0, 0.1) is 5.41 Å². The highest BCUT2D eigenvalue weighted by atomic mass is 35.5. The van der Waals surface area contributed by atoms with Gasteiger partial charge in [-0.2, -0.15) is 0 Å². The Bertz CT molecular complexity index is 339. The van der Waals surface area contributed by atoms with Gasteiger partial charge in [-0.25, -0.2) is 0 Å². The van der Waals surface area contributed by atoms with Gasteiger partial charge in [0.1, 0.15) is 11.6 Å². The van der Waals surface area contributed by atoms with Crippen molar-refractivity contribution in [2.45, 2.75) is 13.3 Å². The lowest BCUT2D eigenvalue weighted by Gasteiger charge is -2.09. The Kier molecular flexibility index (Phi) is 3.77. The fourth-order valence-electron chi connectivity index (χ4n) is 1.05. The van der Waals surface area contributed by atoms with E-state index in [1.54, 1.807) is 18.2 Å². The van der Waals surface area contributed by atoms with Gasteiger partial charge in [0.2, 0.25) is 0 Å². The molecule has 3 nitrogen and oxygen atoms in total. The average molecular weight is 213 g/mol. The van der Waals surface area contributed by atoms with E-state index in [0.29, 0.717) is 22.9 Å². The van der Waals surface area contributed by atoms with E-state index in [1.165, 1.54) is 0 Å². The minimum Gasteiger partial charge on any atom is -0.493 e. The number of hydrogen-bond acceptors (Lipinski definition) is 2. The van der Waals surface area contributed by atoms with E-state index in [4.69, 9.17) is 27.5 Å². The number of nitrogen functional groups attached to an aromatic ring is 1. The van der Waals surface area contributed by atoms with Gasteiger partial charge in [-0.05, 0) is 24.6 Å². The van der Waals surface area contributed by atoms with Crippen molar-refractivity contribution in [1.82, 2.24) is 0 Å². The van der Waals surface area contributed by atoms with Gasteiger partial charge in [-0.3, -0.25) is 5.41 Å². The lowest BCUT2D eigenvalue weighted by molar-refractivity contribution is 0.317. The summed E-state index contributed by atoms with van der Waals surface area (Å²) in [5.74, 6) is 0.569. The normalized spacial score (nSPS) is 9.86. The smallest absolute Gasteiger partial charge is 0.131 e. The topological polar surface area (TPSA) is 59.1 Å². The van der Waals surface area contributed by atoms with E-state index in [2.05, 4.69) is 0 Å². The van der Waals surface area contributed by atoms with Crippen molar-refractivity contribution in [3.05, 3.63) is 28.8 Å². The molecule has 0 heterocycles. The molecule has 1 rings (SSSR count). The van der Waals surface area contributed by atoms with Crippen molar-refractivity contribution in [1.29, 1.82) is 5.41 Å². The number of ether oxygens (including phenoxy) is 1. The van der Waals surface area contributed by atoms with Crippen molar-refractivity contribution in [3.63, 3.8) is 0 Å². The molecule has 0 saturated carbocycles. The fraction of sp³-hybridized carbons (Fsp3) is 0.300. The second-order valence-electron chi connectivity index (χ2n) is 2.90. The van der Waals surface area contributed by atoms with E-state index in [1.807, 2.05) is 6.92 Å². The third-order valence-corrected chi connectivity index (χ3v) is 1.93. The molecule has 76 valence electrons. The first-order valence-electron chi connectivity index (χ1n) is 4.42. The first-order chi connectivity index (χ1) is 6.65. The Morgan fingerprint density at radius 2 is 2.29 bits per heavy atom. The summed E-state index contributed by atoms with van der Waals surface area (Å²) in [5.41, 5.74) is 5.98. The number of hydrogen-bond donors (Lipinski definition) is 2.